The Morgan fingerprint density at radius 1 is 1.18 bits per heavy atom. The minimum atomic E-state index is -0.545. The fourth-order valence-corrected chi connectivity index (χ4v) is 6.79. The summed E-state index contributed by atoms with van der Waals surface area (Å²) in [6.07, 6.45) is 6.54. The Morgan fingerprint density at radius 3 is 2.23 bits per heavy atom. The van der Waals surface area contributed by atoms with Crippen molar-refractivity contribution in [2.45, 2.75) is 62.7 Å². The number of nitrogens with one attached hydrogen (secondary N) is 1. The van der Waals surface area contributed by atoms with Gasteiger partial charge in [0, 0.05) is 4.32 Å². The summed E-state index contributed by atoms with van der Waals surface area (Å²) in [7, 11) is 1.38. The second-order valence-corrected chi connectivity index (χ2v) is 9.79. The molecule has 0 aromatic rings. The van der Waals surface area contributed by atoms with E-state index in [2.05, 4.69) is 21.2 Å². The number of esters is 1. The molecule has 5 heteroatoms. The predicted molar refractivity (Wildman–Crippen MR) is 87.6 cm³/mol. The van der Waals surface area contributed by atoms with Crippen molar-refractivity contribution < 1.29 is 14.3 Å². The van der Waals surface area contributed by atoms with E-state index in [0.29, 0.717) is 11.8 Å². The number of carbonyl (C=O) groups excluding carboxylic acids is 2. The van der Waals surface area contributed by atoms with Gasteiger partial charge in [-0.15, -0.1) is 0 Å². The zero-order valence-electron chi connectivity index (χ0n) is 13.7. The highest BCUT2D eigenvalue weighted by molar-refractivity contribution is 9.10. The average Bonchev–Trinajstić information content (AvgIpc) is 2.40. The molecular weight excluding hydrogens is 346 g/mol. The first-order chi connectivity index (χ1) is 10.3. The minimum absolute atomic E-state index is 0.0308. The van der Waals surface area contributed by atoms with Crippen LogP contribution in [0, 0.1) is 23.2 Å². The lowest BCUT2D eigenvalue weighted by atomic mass is 9.49. The van der Waals surface area contributed by atoms with Crippen LogP contribution >= 0.6 is 15.9 Å². The first-order valence-corrected chi connectivity index (χ1v) is 9.14. The zero-order chi connectivity index (χ0) is 16.1. The molecule has 1 amide bonds. The van der Waals surface area contributed by atoms with Crippen molar-refractivity contribution in [2.24, 2.45) is 23.2 Å². The van der Waals surface area contributed by atoms with E-state index >= 15 is 0 Å². The third-order valence-corrected chi connectivity index (χ3v) is 6.81. The molecule has 4 aliphatic carbocycles. The minimum Gasteiger partial charge on any atom is -0.467 e. The predicted octanol–water partition coefficient (Wildman–Crippen LogP) is 3.03. The third-order valence-electron chi connectivity index (χ3n) is 5.88. The van der Waals surface area contributed by atoms with Crippen LogP contribution in [0.2, 0.25) is 0 Å². The summed E-state index contributed by atoms with van der Waals surface area (Å²) < 4.78 is 5.00. The molecular formula is C17H26BrNO3. The van der Waals surface area contributed by atoms with Crippen LogP contribution < -0.4 is 5.32 Å². The van der Waals surface area contributed by atoms with Crippen LogP contribution in [0.5, 0.6) is 0 Å². The van der Waals surface area contributed by atoms with Crippen LogP contribution in [-0.4, -0.2) is 29.4 Å². The number of ether oxygens (including phenoxy) is 1. The lowest BCUT2D eigenvalue weighted by Crippen LogP contribution is -2.60. The topological polar surface area (TPSA) is 55.4 Å². The maximum atomic E-state index is 13.0. The highest BCUT2D eigenvalue weighted by Gasteiger charge is 2.60. The summed E-state index contributed by atoms with van der Waals surface area (Å²) in [4.78, 5) is 25.0. The largest absolute Gasteiger partial charge is 0.467 e. The number of methoxy groups -OCH3 is 1. The Kier molecular flexibility index (Phi) is 4.07. The first-order valence-electron chi connectivity index (χ1n) is 8.35. The van der Waals surface area contributed by atoms with Gasteiger partial charge in [0.2, 0.25) is 5.91 Å². The second kappa shape index (κ2) is 5.50. The summed E-state index contributed by atoms with van der Waals surface area (Å²) in [5.74, 6) is 1.06. The van der Waals surface area contributed by atoms with E-state index in [-0.39, 0.29) is 27.5 Å². The monoisotopic (exact) mass is 371 g/mol. The Labute approximate surface area is 140 Å². The SMILES string of the molecule is COC(=O)[C@@H](NC(=O)C12C[C@H]3C[C@@H](CC(Br)(C3)C1)C2)C(C)C. The average molecular weight is 372 g/mol. The van der Waals surface area contributed by atoms with Crippen LogP contribution in [0.1, 0.15) is 52.4 Å². The van der Waals surface area contributed by atoms with E-state index in [1.165, 1.54) is 26.4 Å². The molecule has 22 heavy (non-hydrogen) atoms. The Hall–Kier alpha value is -0.580. The zero-order valence-corrected chi connectivity index (χ0v) is 15.2. The van der Waals surface area contributed by atoms with Crippen molar-refractivity contribution in [1.82, 2.24) is 5.32 Å². The van der Waals surface area contributed by atoms with Gasteiger partial charge in [-0.3, -0.25) is 4.79 Å². The van der Waals surface area contributed by atoms with Gasteiger partial charge in [0.15, 0.2) is 0 Å². The molecule has 0 aliphatic heterocycles. The van der Waals surface area contributed by atoms with Crippen LogP contribution in [0.4, 0.5) is 0 Å². The van der Waals surface area contributed by atoms with Gasteiger partial charge in [0.05, 0.1) is 12.5 Å². The number of hydrogen-bond donors (Lipinski definition) is 1. The van der Waals surface area contributed by atoms with Gasteiger partial charge in [-0.25, -0.2) is 4.79 Å². The number of hydrogen-bond acceptors (Lipinski definition) is 3. The van der Waals surface area contributed by atoms with Crippen molar-refractivity contribution in [2.75, 3.05) is 7.11 Å². The van der Waals surface area contributed by atoms with E-state index in [9.17, 15) is 9.59 Å². The number of carbonyl (C=O) groups is 2. The van der Waals surface area contributed by atoms with Crippen LogP contribution in [0.15, 0.2) is 0 Å². The van der Waals surface area contributed by atoms with E-state index in [1.54, 1.807) is 0 Å². The molecule has 0 aromatic carbocycles. The van der Waals surface area contributed by atoms with Crippen molar-refractivity contribution in [3.8, 4) is 0 Å². The highest BCUT2D eigenvalue weighted by atomic mass is 79.9. The summed E-state index contributed by atoms with van der Waals surface area (Å²) >= 11 is 3.93. The summed E-state index contributed by atoms with van der Waals surface area (Å²) in [6.45, 7) is 3.88. The summed E-state index contributed by atoms with van der Waals surface area (Å²) in [5, 5.41) is 3.01. The maximum absolute atomic E-state index is 13.0. The first kappa shape index (κ1) is 16.3. The lowest BCUT2D eigenvalue weighted by molar-refractivity contribution is -0.152. The Balaban J connectivity index is 1.78. The van der Waals surface area contributed by atoms with Crippen LogP contribution in [-0.2, 0) is 14.3 Å². The molecule has 4 bridgehead atoms. The van der Waals surface area contributed by atoms with Crippen molar-refractivity contribution >= 4 is 27.8 Å². The van der Waals surface area contributed by atoms with Crippen molar-refractivity contribution in [3.63, 3.8) is 0 Å². The van der Waals surface area contributed by atoms with Gasteiger partial charge >= 0.3 is 5.97 Å². The van der Waals surface area contributed by atoms with Gasteiger partial charge in [0.1, 0.15) is 6.04 Å². The summed E-state index contributed by atoms with van der Waals surface area (Å²) in [6, 6.07) is -0.545. The smallest absolute Gasteiger partial charge is 0.328 e. The van der Waals surface area contributed by atoms with Gasteiger partial charge in [-0.1, -0.05) is 29.8 Å². The molecule has 0 saturated heterocycles. The number of alkyl halides is 1. The van der Waals surface area contributed by atoms with Gasteiger partial charge in [-0.2, -0.15) is 0 Å². The Morgan fingerprint density at radius 2 is 1.77 bits per heavy atom. The van der Waals surface area contributed by atoms with Gasteiger partial charge in [-0.05, 0) is 56.3 Å². The molecule has 0 unspecified atom stereocenters. The number of amides is 1. The fourth-order valence-electron chi connectivity index (χ4n) is 5.34. The van der Waals surface area contributed by atoms with Crippen molar-refractivity contribution in [3.05, 3.63) is 0 Å². The van der Waals surface area contributed by atoms with Crippen LogP contribution in [0.25, 0.3) is 0 Å². The standard InChI is InChI=1S/C17H26BrNO3/c1-10(2)13(14(20)22-3)19-15(21)16-5-11-4-12(6-16)8-17(18,7-11)9-16/h10-13H,4-9H2,1-3H3,(H,19,21)/t11-,12-,13+,16?,17?/m1/s1. The van der Waals surface area contributed by atoms with E-state index in [1.807, 2.05) is 13.8 Å². The molecule has 0 aromatic heterocycles. The molecule has 4 saturated carbocycles. The number of halogens is 1. The second-order valence-electron chi connectivity index (χ2n) is 8.11. The molecule has 4 rings (SSSR count). The lowest BCUT2D eigenvalue weighted by Gasteiger charge is -2.59. The quantitative estimate of drug-likeness (QED) is 0.610. The molecule has 124 valence electrons. The van der Waals surface area contributed by atoms with Crippen LogP contribution in [0.3, 0.4) is 0 Å². The molecule has 4 fully saturated rings. The van der Waals surface area contributed by atoms with Gasteiger partial charge in [0.25, 0.3) is 0 Å². The van der Waals surface area contributed by atoms with E-state index < -0.39 is 6.04 Å². The normalized spacial score (nSPS) is 40.6. The molecule has 3 atom stereocenters. The van der Waals surface area contributed by atoms with Crippen molar-refractivity contribution in [1.29, 1.82) is 0 Å². The molecule has 0 spiro atoms. The van der Waals surface area contributed by atoms with E-state index in [0.717, 1.165) is 19.3 Å². The number of rotatable bonds is 4. The molecule has 1 N–H and O–H groups in total. The molecule has 4 aliphatic rings. The maximum Gasteiger partial charge on any atom is 0.328 e. The summed E-state index contributed by atoms with van der Waals surface area (Å²) in [5.41, 5.74) is -0.283. The molecule has 0 heterocycles. The fraction of sp³-hybridized carbons (Fsp3) is 0.882. The Bertz CT molecular complexity index is 476. The molecule has 0 radical (unpaired) electrons. The highest BCUT2D eigenvalue weighted by Crippen LogP contribution is 2.64. The molecule has 4 nitrogen and oxygen atoms in total. The van der Waals surface area contributed by atoms with E-state index in [4.69, 9.17) is 4.74 Å². The van der Waals surface area contributed by atoms with Gasteiger partial charge < -0.3 is 10.1 Å². The third kappa shape index (κ3) is 2.70.